The summed E-state index contributed by atoms with van der Waals surface area (Å²) in [6.07, 6.45) is 1.54. The van der Waals surface area contributed by atoms with Crippen LogP contribution in [0.3, 0.4) is 0 Å². The summed E-state index contributed by atoms with van der Waals surface area (Å²) in [7, 11) is 0. The topological polar surface area (TPSA) is 93.6 Å². The van der Waals surface area contributed by atoms with Crippen LogP contribution < -0.4 is 10.2 Å². The first-order valence-corrected chi connectivity index (χ1v) is 8.83. The fourth-order valence-corrected chi connectivity index (χ4v) is 2.70. The Morgan fingerprint density at radius 2 is 1.93 bits per heavy atom. The summed E-state index contributed by atoms with van der Waals surface area (Å²) in [5.74, 6) is -0.0885. The average Bonchev–Trinajstić information content (AvgIpc) is 2.69. The fourth-order valence-electron chi connectivity index (χ4n) is 2.70. The number of hydrogen-bond donors (Lipinski definition) is 1. The molecule has 2 aromatic rings. The number of rotatable bonds is 5. The van der Waals surface area contributed by atoms with Gasteiger partial charge in [0.25, 0.3) is 5.91 Å². The molecule has 1 aliphatic heterocycles. The summed E-state index contributed by atoms with van der Waals surface area (Å²) in [5, 5.41) is 2.79. The molecule has 1 fully saturated rings. The molecule has 1 N–H and O–H groups in total. The zero-order valence-electron chi connectivity index (χ0n) is 15.4. The van der Waals surface area contributed by atoms with Crippen molar-refractivity contribution in [2.45, 2.75) is 13.8 Å². The van der Waals surface area contributed by atoms with Crippen LogP contribution in [-0.4, -0.2) is 54.8 Å². The number of carbonyl (C=O) groups is 2. The number of nitrogens with zero attached hydrogens (tertiary/aromatic N) is 3. The van der Waals surface area contributed by atoms with E-state index in [-0.39, 0.29) is 5.91 Å². The molecule has 0 spiro atoms. The summed E-state index contributed by atoms with van der Waals surface area (Å²) in [6, 6.07) is 6.53. The third-order valence-electron chi connectivity index (χ3n) is 4.16. The molecule has 1 saturated heterocycles. The standard InChI is InChI=1S/C19H22N4O4/c1-3-27-18(25)14-4-6-15(7-5-14)22-17(24)16-12-20-19(21-13(16)2)23-8-10-26-11-9-23/h4-7,12H,3,8-11H2,1-2H3,(H,22,24). The Morgan fingerprint density at radius 1 is 1.22 bits per heavy atom. The van der Waals surface area contributed by atoms with Gasteiger partial charge in [-0.3, -0.25) is 4.79 Å². The Labute approximate surface area is 157 Å². The number of nitrogens with one attached hydrogen (secondary N) is 1. The van der Waals surface area contributed by atoms with Crippen LogP contribution in [0.4, 0.5) is 11.6 Å². The number of aromatic nitrogens is 2. The molecule has 8 nitrogen and oxygen atoms in total. The van der Waals surface area contributed by atoms with E-state index in [9.17, 15) is 9.59 Å². The van der Waals surface area contributed by atoms with Crippen LogP contribution in [0.25, 0.3) is 0 Å². The van der Waals surface area contributed by atoms with Crippen molar-refractivity contribution >= 4 is 23.5 Å². The first kappa shape index (κ1) is 18.8. The van der Waals surface area contributed by atoms with Crippen LogP contribution in [0.1, 0.15) is 33.3 Å². The van der Waals surface area contributed by atoms with Gasteiger partial charge in [0.15, 0.2) is 0 Å². The predicted octanol–water partition coefficient (Wildman–Crippen LogP) is 2.05. The highest BCUT2D eigenvalue weighted by Crippen LogP contribution is 2.16. The molecular weight excluding hydrogens is 348 g/mol. The first-order valence-electron chi connectivity index (χ1n) is 8.83. The first-order chi connectivity index (χ1) is 13.1. The van der Waals surface area contributed by atoms with Crippen molar-refractivity contribution in [1.82, 2.24) is 9.97 Å². The quantitative estimate of drug-likeness (QED) is 0.805. The Balaban J connectivity index is 1.67. The molecule has 3 rings (SSSR count). The van der Waals surface area contributed by atoms with E-state index in [1.54, 1.807) is 38.1 Å². The maximum atomic E-state index is 12.5. The fraction of sp³-hybridized carbons (Fsp3) is 0.368. The van der Waals surface area contributed by atoms with Gasteiger partial charge in [0, 0.05) is 25.0 Å². The van der Waals surface area contributed by atoms with E-state index in [4.69, 9.17) is 9.47 Å². The van der Waals surface area contributed by atoms with Crippen molar-refractivity contribution in [2.24, 2.45) is 0 Å². The van der Waals surface area contributed by atoms with Gasteiger partial charge in [-0.15, -0.1) is 0 Å². The monoisotopic (exact) mass is 370 g/mol. The minimum Gasteiger partial charge on any atom is -0.462 e. The van der Waals surface area contributed by atoms with Crippen molar-refractivity contribution in [1.29, 1.82) is 0 Å². The van der Waals surface area contributed by atoms with Crippen molar-refractivity contribution < 1.29 is 19.1 Å². The number of esters is 1. The maximum absolute atomic E-state index is 12.5. The Bertz CT molecular complexity index is 817. The Kier molecular flexibility index (Phi) is 5.97. The van der Waals surface area contributed by atoms with Gasteiger partial charge >= 0.3 is 5.97 Å². The number of aryl methyl sites for hydroxylation is 1. The van der Waals surface area contributed by atoms with E-state index in [1.165, 1.54) is 6.20 Å². The zero-order chi connectivity index (χ0) is 19.2. The van der Waals surface area contributed by atoms with E-state index in [0.717, 1.165) is 13.1 Å². The molecule has 0 bridgehead atoms. The van der Waals surface area contributed by atoms with Gasteiger partial charge in [0.05, 0.1) is 36.6 Å². The number of benzene rings is 1. The number of carbonyl (C=O) groups excluding carboxylic acids is 2. The van der Waals surface area contributed by atoms with E-state index in [2.05, 4.69) is 15.3 Å². The molecule has 8 heteroatoms. The number of morpholine rings is 1. The number of amides is 1. The average molecular weight is 370 g/mol. The molecule has 1 aromatic heterocycles. The molecule has 142 valence electrons. The maximum Gasteiger partial charge on any atom is 0.338 e. The summed E-state index contributed by atoms with van der Waals surface area (Å²) < 4.78 is 10.3. The molecule has 27 heavy (non-hydrogen) atoms. The van der Waals surface area contributed by atoms with Crippen LogP contribution in [0.15, 0.2) is 30.5 Å². The molecular formula is C19H22N4O4. The summed E-state index contributed by atoms with van der Waals surface area (Å²) in [6.45, 7) is 6.61. The minimum absolute atomic E-state index is 0.301. The summed E-state index contributed by atoms with van der Waals surface area (Å²) >= 11 is 0. The molecule has 1 aliphatic rings. The Hall–Kier alpha value is -3.00. The van der Waals surface area contributed by atoms with Gasteiger partial charge in [-0.2, -0.15) is 0 Å². The molecule has 1 aromatic carbocycles. The van der Waals surface area contributed by atoms with E-state index >= 15 is 0 Å². The van der Waals surface area contributed by atoms with Gasteiger partial charge in [-0.25, -0.2) is 14.8 Å². The SMILES string of the molecule is CCOC(=O)c1ccc(NC(=O)c2cnc(N3CCOCC3)nc2C)cc1. The second-order valence-electron chi connectivity index (χ2n) is 6.02. The molecule has 0 radical (unpaired) electrons. The van der Waals surface area contributed by atoms with E-state index < -0.39 is 5.97 Å². The normalized spacial score (nSPS) is 13.9. The largest absolute Gasteiger partial charge is 0.462 e. The van der Waals surface area contributed by atoms with Gasteiger partial charge < -0.3 is 19.7 Å². The third kappa shape index (κ3) is 4.59. The van der Waals surface area contributed by atoms with E-state index in [1.807, 2.05) is 4.90 Å². The van der Waals surface area contributed by atoms with Crippen molar-refractivity contribution in [3.8, 4) is 0 Å². The molecule has 0 saturated carbocycles. The van der Waals surface area contributed by atoms with Crippen molar-refractivity contribution in [2.75, 3.05) is 43.1 Å². The lowest BCUT2D eigenvalue weighted by Gasteiger charge is -2.27. The minimum atomic E-state index is -0.390. The van der Waals surface area contributed by atoms with Gasteiger partial charge in [-0.1, -0.05) is 0 Å². The second kappa shape index (κ2) is 8.59. The predicted molar refractivity (Wildman–Crippen MR) is 100 cm³/mol. The molecule has 0 unspecified atom stereocenters. The highest BCUT2D eigenvalue weighted by atomic mass is 16.5. The third-order valence-corrected chi connectivity index (χ3v) is 4.16. The second-order valence-corrected chi connectivity index (χ2v) is 6.02. The van der Waals surface area contributed by atoms with Gasteiger partial charge in [0.1, 0.15) is 0 Å². The summed E-state index contributed by atoms with van der Waals surface area (Å²) in [5.41, 5.74) is 2.02. The lowest BCUT2D eigenvalue weighted by Crippen LogP contribution is -2.37. The van der Waals surface area contributed by atoms with Crippen LogP contribution >= 0.6 is 0 Å². The summed E-state index contributed by atoms with van der Waals surface area (Å²) in [4.78, 5) is 35.0. The molecule has 0 atom stereocenters. The number of anilines is 2. The highest BCUT2D eigenvalue weighted by Gasteiger charge is 2.17. The van der Waals surface area contributed by atoms with Gasteiger partial charge in [-0.05, 0) is 38.1 Å². The number of hydrogen-bond acceptors (Lipinski definition) is 7. The highest BCUT2D eigenvalue weighted by molar-refractivity contribution is 6.05. The van der Waals surface area contributed by atoms with Crippen LogP contribution in [0, 0.1) is 6.92 Å². The Morgan fingerprint density at radius 3 is 2.56 bits per heavy atom. The molecule has 0 aliphatic carbocycles. The number of ether oxygens (including phenoxy) is 2. The zero-order valence-corrected chi connectivity index (χ0v) is 15.4. The van der Waals surface area contributed by atoms with Crippen molar-refractivity contribution in [3.05, 3.63) is 47.3 Å². The van der Waals surface area contributed by atoms with Crippen molar-refractivity contribution in [3.63, 3.8) is 0 Å². The molecule has 1 amide bonds. The lowest BCUT2D eigenvalue weighted by atomic mass is 10.2. The van der Waals surface area contributed by atoms with Crippen LogP contribution in [-0.2, 0) is 9.47 Å². The molecule has 2 heterocycles. The van der Waals surface area contributed by atoms with Gasteiger partial charge in [0.2, 0.25) is 5.95 Å². The van der Waals surface area contributed by atoms with Crippen LogP contribution in [0.5, 0.6) is 0 Å². The smallest absolute Gasteiger partial charge is 0.338 e. The van der Waals surface area contributed by atoms with E-state index in [0.29, 0.717) is 48.3 Å². The lowest BCUT2D eigenvalue weighted by molar-refractivity contribution is 0.0526. The van der Waals surface area contributed by atoms with Crippen LogP contribution in [0.2, 0.25) is 0 Å².